The highest BCUT2D eigenvalue weighted by Crippen LogP contribution is 2.30. The number of thiophene rings is 1. The second-order valence-electron chi connectivity index (χ2n) is 5.59. The number of aromatic nitrogens is 1. The monoisotopic (exact) mass is 324 g/mol. The molecule has 4 nitrogen and oxygen atoms in total. The summed E-state index contributed by atoms with van der Waals surface area (Å²) in [6, 6.07) is 12.0. The fraction of sp³-hybridized carbons (Fsp3) is 0.222. The molecule has 116 valence electrons. The fourth-order valence-corrected chi connectivity index (χ4v) is 3.62. The van der Waals surface area contributed by atoms with E-state index in [1.165, 1.54) is 5.56 Å². The van der Waals surface area contributed by atoms with Gasteiger partial charge >= 0.3 is 0 Å². The van der Waals surface area contributed by atoms with Crippen molar-refractivity contribution in [3.05, 3.63) is 58.8 Å². The molecule has 3 heterocycles. The summed E-state index contributed by atoms with van der Waals surface area (Å²) in [5.74, 6) is 1.01. The fourth-order valence-electron chi connectivity index (χ4n) is 2.97. The van der Waals surface area contributed by atoms with Gasteiger partial charge in [-0.3, -0.25) is 4.79 Å². The van der Waals surface area contributed by atoms with Crippen molar-refractivity contribution in [1.29, 1.82) is 0 Å². The molecule has 1 aliphatic rings. The van der Waals surface area contributed by atoms with E-state index in [0.717, 1.165) is 30.0 Å². The predicted molar refractivity (Wildman–Crippen MR) is 91.0 cm³/mol. The van der Waals surface area contributed by atoms with Crippen molar-refractivity contribution in [2.75, 3.05) is 11.4 Å². The van der Waals surface area contributed by atoms with Gasteiger partial charge in [-0.1, -0.05) is 24.3 Å². The largest absolute Gasteiger partial charge is 0.440 e. The van der Waals surface area contributed by atoms with E-state index in [9.17, 15) is 4.79 Å². The zero-order valence-corrected chi connectivity index (χ0v) is 13.6. The summed E-state index contributed by atoms with van der Waals surface area (Å²) in [7, 11) is 0. The summed E-state index contributed by atoms with van der Waals surface area (Å²) in [4.78, 5) is 20.2. The lowest BCUT2D eigenvalue weighted by molar-refractivity contribution is 0.0979. The Balaban J connectivity index is 1.71. The molecule has 4 rings (SSSR count). The Labute approximate surface area is 138 Å². The van der Waals surface area contributed by atoms with Crippen LogP contribution in [0, 0.1) is 6.92 Å². The van der Waals surface area contributed by atoms with Gasteiger partial charge in [0, 0.05) is 12.2 Å². The quantitative estimate of drug-likeness (QED) is 0.706. The van der Waals surface area contributed by atoms with E-state index in [2.05, 4.69) is 11.1 Å². The third kappa shape index (κ3) is 2.47. The molecule has 0 spiro atoms. The van der Waals surface area contributed by atoms with Gasteiger partial charge in [0.25, 0.3) is 5.91 Å². The van der Waals surface area contributed by atoms with Crippen LogP contribution in [0.25, 0.3) is 10.8 Å². The summed E-state index contributed by atoms with van der Waals surface area (Å²) < 4.78 is 5.71. The lowest BCUT2D eigenvalue weighted by Crippen LogP contribution is -2.36. The zero-order valence-electron chi connectivity index (χ0n) is 12.8. The van der Waals surface area contributed by atoms with Gasteiger partial charge in [0.2, 0.25) is 5.89 Å². The summed E-state index contributed by atoms with van der Waals surface area (Å²) >= 11 is 1.55. The smallest absolute Gasteiger partial charge is 0.280 e. The van der Waals surface area contributed by atoms with E-state index < -0.39 is 0 Å². The van der Waals surface area contributed by atoms with Crippen molar-refractivity contribution >= 4 is 22.9 Å². The summed E-state index contributed by atoms with van der Waals surface area (Å²) in [5.41, 5.74) is 2.61. The Morgan fingerprint density at radius 2 is 2.13 bits per heavy atom. The van der Waals surface area contributed by atoms with Gasteiger partial charge in [-0.2, -0.15) is 0 Å². The maximum atomic E-state index is 13.0. The molecule has 0 bridgehead atoms. The second kappa shape index (κ2) is 5.66. The molecule has 5 heteroatoms. The number of benzene rings is 1. The summed E-state index contributed by atoms with van der Waals surface area (Å²) in [6.07, 6.45) is 1.98. The number of para-hydroxylation sites is 1. The summed E-state index contributed by atoms with van der Waals surface area (Å²) in [5, 5.41) is 1.97. The van der Waals surface area contributed by atoms with Gasteiger partial charge in [-0.25, -0.2) is 4.98 Å². The van der Waals surface area contributed by atoms with E-state index in [-0.39, 0.29) is 5.91 Å². The molecule has 0 saturated heterocycles. The number of hydrogen-bond acceptors (Lipinski definition) is 4. The molecule has 2 aromatic heterocycles. The molecule has 23 heavy (non-hydrogen) atoms. The van der Waals surface area contributed by atoms with Crippen LogP contribution in [0.3, 0.4) is 0 Å². The predicted octanol–water partition coefficient (Wildman–Crippen LogP) is 4.30. The van der Waals surface area contributed by atoms with Crippen LogP contribution >= 0.6 is 11.3 Å². The molecule has 1 amide bonds. The molecular weight excluding hydrogens is 308 g/mol. The molecule has 0 aliphatic carbocycles. The number of oxazole rings is 1. The van der Waals surface area contributed by atoms with Crippen LogP contribution in [-0.2, 0) is 6.42 Å². The van der Waals surface area contributed by atoms with Crippen molar-refractivity contribution in [2.45, 2.75) is 19.8 Å². The lowest BCUT2D eigenvalue weighted by atomic mass is 10.0. The topological polar surface area (TPSA) is 46.3 Å². The van der Waals surface area contributed by atoms with Crippen molar-refractivity contribution < 1.29 is 9.21 Å². The van der Waals surface area contributed by atoms with Gasteiger partial charge < -0.3 is 9.32 Å². The standard InChI is InChI=1S/C18H16N2O2S/c1-12-16(19-17(22-12)15-9-5-11-23-15)18(21)20-10-4-7-13-6-2-3-8-14(13)20/h2-3,5-6,8-9,11H,4,7,10H2,1H3. The number of fused-ring (bicyclic) bond motifs is 1. The van der Waals surface area contributed by atoms with Crippen molar-refractivity contribution in [2.24, 2.45) is 0 Å². The van der Waals surface area contributed by atoms with Gasteiger partial charge in [0.15, 0.2) is 5.69 Å². The van der Waals surface area contributed by atoms with Gasteiger partial charge in [-0.15, -0.1) is 11.3 Å². The minimum atomic E-state index is -0.0822. The molecule has 0 unspecified atom stereocenters. The first-order valence-electron chi connectivity index (χ1n) is 7.65. The van der Waals surface area contributed by atoms with E-state index in [1.807, 2.05) is 40.6 Å². The highest BCUT2D eigenvalue weighted by molar-refractivity contribution is 7.13. The third-order valence-electron chi connectivity index (χ3n) is 4.09. The maximum Gasteiger partial charge on any atom is 0.280 e. The molecule has 3 aromatic rings. The molecule has 1 aliphatic heterocycles. The average Bonchev–Trinajstić information content (AvgIpc) is 3.23. The Morgan fingerprint density at radius 1 is 1.26 bits per heavy atom. The number of hydrogen-bond donors (Lipinski definition) is 0. The van der Waals surface area contributed by atoms with Gasteiger partial charge in [-0.05, 0) is 42.8 Å². The van der Waals surface area contributed by atoms with Crippen LogP contribution in [0.5, 0.6) is 0 Å². The van der Waals surface area contributed by atoms with Crippen molar-refractivity contribution in [3.63, 3.8) is 0 Å². The normalized spacial score (nSPS) is 13.9. The first-order chi connectivity index (χ1) is 11.2. The van der Waals surface area contributed by atoms with E-state index >= 15 is 0 Å². The molecule has 1 aromatic carbocycles. The number of nitrogens with zero attached hydrogens (tertiary/aromatic N) is 2. The van der Waals surface area contributed by atoms with Crippen LogP contribution in [0.1, 0.15) is 28.2 Å². The Hall–Kier alpha value is -2.40. The van der Waals surface area contributed by atoms with Crippen LogP contribution in [0.15, 0.2) is 46.2 Å². The first-order valence-corrected chi connectivity index (χ1v) is 8.53. The van der Waals surface area contributed by atoms with Crippen molar-refractivity contribution in [1.82, 2.24) is 4.98 Å². The zero-order chi connectivity index (χ0) is 15.8. The van der Waals surface area contributed by atoms with Crippen LogP contribution in [0.4, 0.5) is 5.69 Å². The van der Waals surface area contributed by atoms with Crippen LogP contribution in [0.2, 0.25) is 0 Å². The van der Waals surface area contributed by atoms with E-state index in [0.29, 0.717) is 17.3 Å². The Morgan fingerprint density at radius 3 is 2.96 bits per heavy atom. The van der Waals surface area contributed by atoms with Crippen LogP contribution in [-0.4, -0.2) is 17.4 Å². The Kier molecular flexibility index (Phi) is 3.50. The van der Waals surface area contributed by atoms with Gasteiger partial charge in [0.1, 0.15) is 5.76 Å². The molecule has 0 fully saturated rings. The molecule has 0 saturated carbocycles. The molecule has 0 atom stereocenters. The molecule has 0 N–H and O–H groups in total. The number of aryl methyl sites for hydroxylation is 2. The summed E-state index contributed by atoms with van der Waals surface area (Å²) in [6.45, 7) is 2.52. The number of anilines is 1. The maximum absolute atomic E-state index is 13.0. The third-order valence-corrected chi connectivity index (χ3v) is 4.94. The minimum absolute atomic E-state index is 0.0822. The van der Waals surface area contributed by atoms with Gasteiger partial charge in [0.05, 0.1) is 4.88 Å². The molecule has 0 radical (unpaired) electrons. The van der Waals surface area contributed by atoms with Crippen LogP contribution < -0.4 is 4.90 Å². The lowest BCUT2D eigenvalue weighted by Gasteiger charge is -2.28. The van der Waals surface area contributed by atoms with E-state index in [1.54, 1.807) is 18.3 Å². The Bertz CT molecular complexity index is 852. The second-order valence-corrected chi connectivity index (χ2v) is 6.54. The highest BCUT2D eigenvalue weighted by atomic mass is 32.1. The number of amides is 1. The minimum Gasteiger partial charge on any atom is -0.440 e. The highest BCUT2D eigenvalue weighted by Gasteiger charge is 2.27. The number of carbonyl (C=O) groups is 1. The number of rotatable bonds is 2. The first kappa shape index (κ1) is 14.2. The molecular formula is C18H16N2O2S. The van der Waals surface area contributed by atoms with Crippen molar-refractivity contribution in [3.8, 4) is 10.8 Å². The SMILES string of the molecule is Cc1oc(-c2cccs2)nc1C(=O)N1CCCc2ccccc21. The number of carbonyl (C=O) groups excluding carboxylic acids is 1. The average molecular weight is 324 g/mol. The van der Waals surface area contributed by atoms with E-state index in [4.69, 9.17) is 4.42 Å².